The molecule has 0 aliphatic rings. The monoisotopic (exact) mass is 276 g/mol. The van der Waals surface area contributed by atoms with Gasteiger partial charge in [0.05, 0.1) is 29.6 Å². The first-order valence-corrected chi connectivity index (χ1v) is 6.31. The van der Waals surface area contributed by atoms with Crippen molar-refractivity contribution in [2.45, 2.75) is 19.9 Å². The van der Waals surface area contributed by atoms with E-state index >= 15 is 0 Å². The lowest BCUT2D eigenvalue weighted by Crippen LogP contribution is -2.82. The summed E-state index contributed by atoms with van der Waals surface area (Å²) in [6, 6.07) is 5.43. The average Bonchev–Trinajstić information content (AvgIpc) is 2.28. The highest BCUT2D eigenvalue weighted by atomic mass is 35.5. The zero-order valence-corrected chi connectivity index (χ0v) is 11.2. The first-order chi connectivity index (χ1) is 8.15. The van der Waals surface area contributed by atoms with Crippen LogP contribution in [0.1, 0.15) is 18.9 Å². The van der Waals surface area contributed by atoms with Crippen LogP contribution in [-0.4, -0.2) is 19.1 Å². The number of rotatable bonds is 6. The summed E-state index contributed by atoms with van der Waals surface area (Å²) in [5, 5.41) is 3.30. The van der Waals surface area contributed by atoms with E-state index in [0.717, 1.165) is 5.56 Å². The first-order valence-electron chi connectivity index (χ1n) is 5.55. The van der Waals surface area contributed by atoms with Crippen LogP contribution in [0, 0.1) is 0 Å². The van der Waals surface area contributed by atoms with Gasteiger partial charge in [0.25, 0.3) is 0 Å². The highest BCUT2D eigenvalue weighted by molar-refractivity contribution is 6.35. The fourth-order valence-corrected chi connectivity index (χ4v) is 1.98. The maximum atomic E-state index is 11.1. The van der Waals surface area contributed by atoms with Gasteiger partial charge in [-0.3, -0.25) is 4.79 Å². The van der Waals surface area contributed by atoms with Gasteiger partial charge in [0.1, 0.15) is 6.54 Å². The predicted molar refractivity (Wildman–Crippen MR) is 68.2 cm³/mol. The van der Waals surface area contributed by atoms with Crippen LogP contribution in [0.25, 0.3) is 0 Å². The minimum Gasteiger partial charge on any atom is -0.466 e. The van der Waals surface area contributed by atoms with Crippen molar-refractivity contribution in [1.82, 2.24) is 0 Å². The molecule has 5 heteroatoms. The summed E-state index contributed by atoms with van der Waals surface area (Å²) < 4.78 is 4.83. The molecule has 17 heavy (non-hydrogen) atoms. The van der Waals surface area contributed by atoms with E-state index in [9.17, 15) is 4.79 Å². The number of halogens is 2. The molecule has 0 fully saturated rings. The third-order valence-corrected chi connectivity index (χ3v) is 2.98. The number of carbonyl (C=O) groups excluding carboxylic acids is 1. The Bertz CT molecular complexity index is 363. The lowest BCUT2D eigenvalue weighted by atomic mass is 10.2. The molecule has 3 nitrogen and oxygen atoms in total. The van der Waals surface area contributed by atoms with Crippen LogP contribution < -0.4 is 5.32 Å². The van der Waals surface area contributed by atoms with Gasteiger partial charge in [0, 0.05) is 5.56 Å². The molecule has 1 aromatic carbocycles. The minimum absolute atomic E-state index is 0.172. The van der Waals surface area contributed by atoms with Gasteiger partial charge < -0.3 is 10.1 Å². The quantitative estimate of drug-likeness (QED) is 0.638. The number of esters is 1. The zero-order chi connectivity index (χ0) is 12.7. The Labute approximate surface area is 111 Å². The van der Waals surface area contributed by atoms with Crippen molar-refractivity contribution >= 4 is 29.2 Å². The second kappa shape index (κ2) is 7.54. The van der Waals surface area contributed by atoms with Gasteiger partial charge in [0.2, 0.25) is 0 Å². The molecule has 1 rings (SSSR count). The van der Waals surface area contributed by atoms with E-state index < -0.39 is 0 Å². The summed E-state index contributed by atoms with van der Waals surface area (Å²) >= 11 is 12.0. The summed E-state index contributed by atoms with van der Waals surface area (Å²) in [5.74, 6) is -0.172. The molecule has 0 amide bonds. The summed E-state index contributed by atoms with van der Waals surface area (Å²) in [5.41, 5.74) is 0.902. The zero-order valence-electron chi connectivity index (χ0n) is 9.71. The Kier molecular flexibility index (Phi) is 6.34. The Hall–Kier alpha value is -0.770. The van der Waals surface area contributed by atoms with Crippen molar-refractivity contribution in [1.29, 1.82) is 0 Å². The van der Waals surface area contributed by atoms with E-state index in [1.54, 1.807) is 6.92 Å². The molecule has 0 aliphatic heterocycles. The predicted octanol–water partition coefficient (Wildman–Crippen LogP) is 2.01. The number of quaternary nitrogens is 1. The van der Waals surface area contributed by atoms with Gasteiger partial charge in [-0.1, -0.05) is 29.3 Å². The van der Waals surface area contributed by atoms with Crippen LogP contribution in [0.4, 0.5) is 0 Å². The SMILES string of the molecule is CCOC(=O)CC[NH2+]Cc1c(Cl)cccc1Cl. The van der Waals surface area contributed by atoms with E-state index in [-0.39, 0.29) is 5.97 Å². The van der Waals surface area contributed by atoms with Crippen molar-refractivity contribution in [3.8, 4) is 0 Å². The topological polar surface area (TPSA) is 42.9 Å². The van der Waals surface area contributed by atoms with Crippen molar-refractivity contribution in [3.63, 3.8) is 0 Å². The molecule has 0 aliphatic carbocycles. The number of nitrogens with two attached hydrogens (primary N) is 1. The van der Waals surface area contributed by atoms with Gasteiger partial charge in [-0.25, -0.2) is 0 Å². The molecule has 94 valence electrons. The number of ether oxygens (including phenoxy) is 1. The maximum absolute atomic E-state index is 11.1. The maximum Gasteiger partial charge on any atom is 0.311 e. The molecule has 0 bridgehead atoms. The normalized spacial score (nSPS) is 10.3. The van der Waals surface area contributed by atoms with Crippen LogP contribution in [0.3, 0.4) is 0 Å². The summed E-state index contributed by atoms with van der Waals surface area (Å²) in [7, 11) is 0. The first kappa shape index (κ1) is 14.3. The molecule has 0 unspecified atom stereocenters. The highest BCUT2D eigenvalue weighted by Crippen LogP contribution is 2.22. The second-order valence-electron chi connectivity index (χ2n) is 3.54. The Balaban J connectivity index is 2.34. The van der Waals surface area contributed by atoms with E-state index in [0.29, 0.717) is 36.2 Å². The van der Waals surface area contributed by atoms with E-state index in [1.807, 2.05) is 23.5 Å². The van der Waals surface area contributed by atoms with Gasteiger partial charge in [-0.05, 0) is 19.1 Å². The molecule has 1 aromatic rings. The van der Waals surface area contributed by atoms with Crippen LogP contribution in [0.2, 0.25) is 10.0 Å². The van der Waals surface area contributed by atoms with Crippen molar-refractivity contribution in [2.75, 3.05) is 13.2 Å². The van der Waals surface area contributed by atoms with E-state index in [2.05, 4.69) is 0 Å². The molecular formula is C12H16Cl2NO2+. The van der Waals surface area contributed by atoms with Crippen LogP contribution in [0.15, 0.2) is 18.2 Å². The van der Waals surface area contributed by atoms with E-state index in [1.165, 1.54) is 0 Å². The van der Waals surface area contributed by atoms with E-state index in [4.69, 9.17) is 27.9 Å². The molecule has 0 aromatic heterocycles. The van der Waals surface area contributed by atoms with Gasteiger partial charge in [0.15, 0.2) is 0 Å². The summed E-state index contributed by atoms with van der Waals surface area (Å²) in [6.45, 7) is 3.55. The molecule has 0 spiro atoms. The van der Waals surface area contributed by atoms with Crippen LogP contribution in [-0.2, 0) is 16.1 Å². The molecule has 2 N–H and O–H groups in total. The Morgan fingerprint density at radius 3 is 2.59 bits per heavy atom. The van der Waals surface area contributed by atoms with Gasteiger partial charge in [-0.15, -0.1) is 0 Å². The molecule has 0 radical (unpaired) electrons. The highest BCUT2D eigenvalue weighted by Gasteiger charge is 2.08. The number of benzene rings is 1. The van der Waals surface area contributed by atoms with Crippen LogP contribution in [0.5, 0.6) is 0 Å². The molecule has 0 heterocycles. The summed E-state index contributed by atoms with van der Waals surface area (Å²) in [4.78, 5) is 11.1. The largest absolute Gasteiger partial charge is 0.466 e. The lowest BCUT2D eigenvalue weighted by Gasteiger charge is -2.06. The number of carbonyl (C=O) groups is 1. The van der Waals surface area contributed by atoms with Crippen LogP contribution >= 0.6 is 23.2 Å². The lowest BCUT2D eigenvalue weighted by molar-refractivity contribution is -0.669. The standard InChI is InChI=1S/C12H15Cl2NO2/c1-2-17-12(16)6-7-15-8-9-10(13)4-3-5-11(9)14/h3-5,15H,2,6-8H2,1H3/p+1. The Morgan fingerprint density at radius 1 is 1.35 bits per heavy atom. The van der Waals surface area contributed by atoms with Crippen molar-refractivity contribution in [2.24, 2.45) is 0 Å². The summed E-state index contributed by atoms with van der Waals surface area (Å²) in [6.07, 6.45) is 0.399. The molecule has 0 atom stereocenters. The molecule has 0 saturated heterocycles. The third-order valence-electron chi connectivity index (χ3n) is 2.27. The number of hydrogen-bond acceptors (Lipinski definition) is 2. The fourth-order valence-electron chi connectivity index (χ4n) is 1.43. The average molecular weight is 277 g/mol. The van der Waals surface area contributed by atoms with Gasteiger partial charge in [-0.2, -0.15) is 0 Å². The number of hydrogen-bond donors (Lipinski definition) is 1. The minimum atomic E-state index is -0.172. The third kappa shape index (κ3) is 4.94. The second-order valence-corrected chi connectivity index (χ2v) is 4.35. The molecular weight excluding hydrogens is 261 g/mol. The van der Waals surface area contributed by atoms with Crippen molar-refractivity contribution < 1.29 is 14.8 Å². The fraction of sp³-hybridized carbons (Fsp3) is 0.417. The smallest absolute Gasteiger partial charge is 0.311 e. The Morgan fingerprint density at radius 2 is 2.00 bits per heavy atom. The molecule has 0 saturated carbocycles. The van der Waals surface area contributed by atoms with Crippen molar-refractivity contribution in [3.05, 3.63) is 33.8 Å². The van der Waals surface area contributed by atoms with Gasteiger partial charge >= 0.3 is 5.97 Å².